The Labute approximate surface area is 202 Å². The fourth-order valence-electron chi connectivity index (χ4n) is 4.98. The second-order valence-electron chi connectivity index (χ2n) is 9.55. The van der Waals surface area contributed by atoms with Gasteiger partial charge in [-0.25, -0.2) is 0 Å². The molecule has 0 aromatic heterocycles. The maximum Gasteiger partial charge on any atom is 0.251 e. The van der Waals surface area contributed by atoms with Crippen LogP contribution in [0.25, 0.3) is 0 Å². The first-order valence-corrected chi connectivity index (χ1v) is 12.5. The fraction of sp³-hybridized carbons (Fsp3) is 0.464. The maximum absolute atomic E-state index is 13.4. The highest BCUT2D eigenvalue weighted by atomic mass is 16.2. The first-order chi connectivity index (χ1) is 16.5. The molecule has 180 valence electrons. The summed E-state index contributed by atoms with van der Waals surface area (Å²) in [6.07, 6.45) is 4.69. The molecule has 2 heterocycles. The fourth-order valence-corrected chi connectivity index (χ4v) is 4.98. The van der Waals surface area contributed by atoms with Crippen molar-refractivity contribution in [2.75, 3.05) is 26.2 Å². The predicted molar refractivity (Wildman–Crippen MR) is 132 cm³/mol. The van der Waals surface area contributed by atoms with Gasteiger partial charge in [0.15, 0.2) is 0 Å². The number of carbonyl (C=O) groups excluding carboxylic acids is 3. The largest absolute Gasteiger partial charge is 0.343 e. The minimum absolute atomic E-state index is 0.0202. The summed E-state index contributed by atoms with van der Waals surface area (Å²) in [6.45, 7) is 4.75. The minimum atomic E-state index is -0.548. The molecule has 0 spiro atoms. The van der Waals surface area contributed by atoms with E-state index >= 15 is 0 Å². The molecule has 4 rings (SSSR count). The third-order valence-corrected chi connectivity index (χ3v) is 7.12. The molecule has 1 N–H and O–H groups in total. The molecule has 0 radical (unpaired) electrons. The molecule has 2 fully saturated rings. The van der Waals surface area contributed by atoms with Gasteiger partial charge in [-0.1, -0.05) is 48.0 Å². The lowest BCUT2D eigenvalue weighted by Gasteiger charge is -2.37. The molecule has 1 atom stereocenters. The van der Waals surface area contributed by atoms with Crippen LogP contribution in [-0.2, 0) is 16.0 Å². The Morgan fingerprint density at radius 3 is 2.18 bits per heavy atom. The quantitative estimate of drug-likeness (QED) is 0.685. The molecule has 6 nitrogen and oxygen atoms in total. The van der Waals surface area contributed by atoms with Gasteiger partial charge in [-0.15, -0.1) is 0 Å². The van der Waals surface area contributed by atoms with Crippen molar-refractivity contribution in [2.45, 2.75) is 51.5 Å². The van der Waals surface area contributed by atoms with Crippen LogP contribution in [0.1, 0.15) is 53.6 Å². The molecule has 2 aliphatic heterocycles. The van der Waals surface area contributed by atoms with Gasteiger partial charge in [0.1, 0.15) is 6.04 Å². The van der Waals surface area contributed by atoms with Crippen LogP contribution >= 0.6 is 0 Å². The molecule has 34 heavy (non-hydrogen) atoms. The van der Waals surface area contributed by atoms with Gasteiger partial charge < -0.3 is 15.1 Å². The molecule has 6 heteroatoms. The molecule has 0 unspecified atom stereocenters. The van der Waals surface area contributed by atoms with Crippen LogP contribution in [0.4, 0.5) is 0 Å². The van der Waals surface area contributed by atoms with E-state index in [2.05, 4.69) is 5.32 Å². The third-order valence-electron chi connectivity index (χ3n) is 7.12. The van der Waals surface area contributed by atoms with E-state index in [1.807, 2.05) is 59.2 Å². The van der Waals surface area contributed by atoms with Gasteiger partial charge in [-0.2, -0.15) is 0 Å². The molecule has 0 aliphatic carbocycles. The molecule has 2 aromatic rings. The molecule has 2 aromatic carbocycles. The van der Waals surface area contributed by atoms with Gasteiger partial charge in [0.2, 0.25) is 11.8 Å². The van der Waals surface area contributed by atoms with Crippen molar-refractivity contribution in [3.05, 3.63) is 71.3 Å². The summed E-state index contributed by atoms with van der Waals surface area (Å²) in [4.78, 5) is 42.9. The van der Waals surface area contributed by atoms with Gasteiger partial charge in [0.05, 0.1) is 0 Å². The number of rotatable bonds is 7. The summed E-state index contributed by atoms with van der Waals surface area (Å²) in [6, 6.07) is 16.9. The summed E-state index contributed by atoms with van der Waals surface area (Å²) in [5.41, 5.74) is 2.82. The Morgan fingerprint density at radius 2 is 1.53 bits per heavy atom. The Balaban J connectivity index is 1.37. The number of hydrogen-bond acceptors (Lipinski definition) is 3. The summed E-state index contributed by atoms with van der Waals surface area (Å²) < 4.78 is 0. The zero-order valence-electron chi connectivity index (χ0n) is 20.0. The van der Waals surface area contributed by atoms with E-state index in [0.717, 1.165) is 50.8 Å². The van der Waals surface area contributed by atoms with Crippen LogP contribution in [-0.4, -0.2) is 59.7 Å². The van der Waals surface area contributed by atoms with Crippen molar-refractivity contribution >= 4 is 17.7 Å². The van der Waals surface area contributed by atoms with E-state index in [1.54, 1.807) is 12.1 Å². The Morgan fingerprint density at radius 1 is 0.882 bits per heavy atom. The van der Waals surface area contributed by atoms with Crippen molar-refractivity contribution in [1.82, 2.24) is 15.1 Å². The van der Waals surface area contributed by atoms with Crippen LogP contribution in [0.5, 0.6) is 0 Å². The normalized spacial score (nSPS) is 17.4. The highest BCUT2D eigenvalue weighted by Crippen LogP contribution is 2.24. The van der Waals surface area contributed by atoms with Gasteiger partial charge in [-0.3, -0.25) is 14.4 Å². The van der Waals surface area contributed by atoms with Crippen molar-refractivity contribution in [2.24, 2.45) is 5.92 Å². The smallest absolute Gasteiger partial charge is 0.251 e. The van der Waals surface area contributed by atoms with Crippen LogP contribution < -0.4 is 5.32 Å². The molecule has 0 saturated carbocycles. The van der Waals surface area contributed by atoms with E-state index in [1.165, 1.54) is 5.56 Å². The number of likely N-dealkylation sites (tertiary alicyclic amines) is 2. The average molecular weight is 462 g/mol. The zero-order valence-corrected chi connectivity index (χ0v) is 20.0. The number of benzene rings is 2. The first kappa shape index (κ1) is 24.0. The summed E-state index contributed by atoms with van der Waals surface area (Å²) in [7, 11) is 0. The number of piperidine rings is 1. The van der Waals surface area contributed by atoms with Crippen LogP contribution in [0.2, 0.25) is 0 Å². The number of amides is 3. The van der Waals surface area contributed by atoms with Crippen molar-refractivity contribution < 1.29 is 14.4 Å². The van der Waals surface area contributed by atoms with Crippen molar-refractivity contribution in [3.8, 4) is 0 Å². The van der Waals surface area contributed by atoms with Gasteiger partial charge in [0, 0.05) is 38.2 Å². The van der Waals surface area contributed by atoms with Crippen LogP contribution in [0, 0.1) is 12.8 Å². The monoisotopic (exact) mass is 461 g/mol. The Bertz CT molecular complexity index is 976. The summed E-state index contributed by atoms with van der Waals surface area (Å²) >= 11 is 0. The lowest BCUT2D eigenvalue weighted by molar-refractivity contribution is -0.135. The minimum Gasteiger partial charge on any atom is -0.343 e. The highest BCUT2D eigenvalue weighted by molar-refractivity contribution is 5.97. The van der Waals surface area contributed by atoms with E-state index < -0.39 is 6.04 Å². The number of nitrogens with zero attached hydrogens (tertiary/aromatic N) is 2. The second-order valence-corrected chi connectivity index (χ2v) is 9.55. The molecule has 3 amide bonds. The summed E-state index contributed by atoms with van der Waals surface area (Å²) in [5.74, 6) is -0.000171. The highest BCUT2D eigenvalue weighted by Gasteiger charge is 2.36. The summed E-state index contributed by atoms with van der Waals surface area (Å²) in [5, 5.41) is 3.06. The average Bonchev–Trinajstić information content (AvgIpc) is 3.42. The molecule has 2 aliphatic rings. The van der Waals surface area contributed by atoms with E-state index in [-0.39, 0.29) is 23.6 Å². The maximum atomic E-state index is 13.4. The first-order valence-electron chi connectivity index (χ1n) is 12.5. The third kappa shape index (κ3) is 6.04. The second kappa shape index (κ2) is 11.3. The molecular formula is C28H35N3O3. The number of carbonyl (C=O) groups is 3. The van der Waals surface area contributed by atoms with Crippen LogP contribution in [0.15, 0.2) is 54.6 Å². The number of hydrogen-bond donors (Lipinski definition) is 1. The lowest BCUT2D eigenvalue weighted by atomic mass is 9.88. The Kier molecular flexibility index (Phi) is 7.99. The topological polar surface area (TPSA) is 69.7 Å². The zero-order chi connectivity index (χ0) is 23.9. The van der Waals surface area contributed by atoms with Gasteiger partial charge in [-0.05, 0) is 62.6 Å². The van der Waals surface area contributed by atoms with E-state index in [0.29, 0.717) is 25.1 Å². The lowest BCUT2D eigenvalue weighted by Crippen LogP contribution is -2.54. The number of aryl methyl sites for hydroxylation is 2. The predicted octanol–water partition coefficient (Wildman–Crippen LogP) is 3.59. The van der Waals surface area contributed by atoms with Crippen LogP contribution in [0.3, 0.4) is 0 Å². The SMILES string of the molecule is Cc1ccc(C(=O)N[C@@H](C(=O)N2CCCC2)C2CCN(C(=O)CCc3ccccc3)CC2)cc1. The standard InChI is InChI=1S/C28H35N3O3/c1-21-9-12-24(13-10-21)27(33)29-26(28(34)31-17-5-6-18-31)23-15-19-30(20-16-23)25(32)14-11-22-7-3-2-4-8-22/h2-4,7-10,12-13,23,26H,5-6,11,14-20H2,1H3,(H,29,33)/t26-/m1/s1. The van der Waals surface area contributed by atoms with Crippen molar-refractivity contribution in [3.63, 3.8) is 0 Å². The van der Waals surface area contributed by atoms with Gasteiger partial charge in [0.25, 0.3) is 5.91 Å². The number of nitrogens with one attached hydrogen (secondary N) is 1. The Hall–Kier alpha value is -3.15. The molecule has 2 saturated heterocycles. The molecular weight excluding hydrogens is 426 g/mol. The van der Waals surface area contributed by atoms with Gasteiger partial charge >= 0.3 is 0 Å². The van der Waals surface area contributed by atoms with E-state index in [4.69, 9.17) is 0 Å². The van der Waals surface area contributed by atoms with Crippen molar-refractivity contribution in [1.29, 1.82) is 0 Å². The molecule has 0 bridgehead atoms. The van der Waals surface area contributed by atoms with E-state index in [9.17, 15) is 14.4 Å².